The van der Waals surface area contributed by atoms with E-state index in [4.69, 9.17) is 10.2 Å². The Morgan fingerprint density at radius 3 is 2.58 bits per heavy atom. The Hall–Kier alpha value is -3.01. The summed E-state index contributed by atoms with van der Waals surface area (Å²) in [6.07, 6.45) is 1.52. The topological polar surface area (TPSA) is 148 Å². The predicted molar refractivity (Wildman–Crippen MR) is 138 cm³/mol. The maximum atomic E-state index is 14.0. The van der Waals surface area contributed by atoms with Crippen LogP contribution in [0.5, 0.6) is 0 Å². The molecule has 0 spiro atoms. The van der Waals surface area contributed by atoms with Crippen LogP contribution in [0, 0.1) is 18.6 Å². The van der Waals surface area contributed by atoms with Crippen LogP contribution < -0.4 is 11.1 Å². The van der Waals surface area contributed by atoms with Crippen molar-refractivity contribution in [2.75, 3.05) is 43.5 Å². The molecule has 1 aromatic carbocycles. The number of sulfonamides is 1. The Morgan fingerprint density at radius 1 is 1.26 bits per heavy atom. The molecule has 1 aliphatic rings. The average Bonchev–Trinajstić information content (AvgIpc) is 3.43. The summed E-state index contributed by atoms with van der Waals surface area (Å²) in [5, 5.41) is 11.2. The minimum Gasteiger partial charge on any atom is -0.424 e. The lowest BCUT2D eigenvalue weighted by Crippen LogP contribution is -2.43. The Balaban J connectivity index is 1.26. The molecule has 1 saturated heterocycles. The number of nitrogens with zero attached hydrogens (tertiary/aromatic N) is 5. The smallest absolute Gasteiger partial charge is 0.230 e. The van der Waals surface area contributed by atoms with Gasteiger partial charge in [0.25, 0.3) is 0 Å². The summed E-state index contributed by atoms with van der Waals surface area (Å²) in [6, 6.07) is 3.09. The highest BCUT2D eigenvalue weighted by molar-refractivity contribution is 7.89. The molecule has 4 rings (SSSR count). The second-order valence-electron chi connectivity index (χ2n) is 9.10. The molecule has 0 aliphatic carbocycles. The fourth-order valence-electron chi connectivity index (χ4n) is 4.19. The van der Waals surface area contributed by atoms with E-state index < -0.39 is 33.0 Å². The van der Waals surface area contributed by atoms with Crippen molar-refractivity contribution in [1.82, 2.24) is 24.4 Å². The van der Waals surface area contributed by atoms with E-state index in [2.05, 4.69) is 20.5 Å². The Bertz CT molecular complexity index is 1370. The number of thiazole rings is 1. The number of anilines is 2. The fourth-order valence-corrected chi connectivity index (χ4v) is 6.62. The molecule has 3 N–H and O–H groups in total. The highest BCUT2D eigenvalue weighted by Gasteiger charge is 2.29. The SMILES string of the molecule is Cc1nnc(CN(C)CCCS(=O)(=O)N2CCC(Nc3nc(N)c(C(=O)c4c(F)cccc4F)s3)CC2)o1. The zero-order valence-electron chi connectivity index (χ0n) is 21.0. The maximum absolute atomic E-state index is 14.0. The number of nitrogen functional groups attached to an aromatic ring is 1. The van der Waals surface area contributed by atoms with Crippen LogP contribution in [0.4, 0.5) is 19.7 Å². The minimum absolute atomic E-state index is 0.0272. The van der Waals surface area contributed by atoms with E-state index in [1.54, 1.807) is 6.92 Å². The number of hydrogen-bond acceptors (Lipinski definition) is 11. The molecule has 15 heteroatoms. The quantitative estimate of drug-likeness (QED) is 0.330. The van der Waals surface area contributed by atoms with Crippen LogP contribution in [-0.4, -0.2) is 77.1 Å². The summed E-state index contributed by atoms with van der Waals surface area (Å²) < 4.78 is 60.6. The van der Waals surface area contributed by atoms with Gasteiger partial charge in [0.1, 0.15) is 22.3 Å². The van der Waals surface area contributed by atoms with Crippen LogP contribution in [0.1, 0.15) is 46.3 Å². The molecule has 0 amide bonds. The summed E-state index contributed by atoms with van der Waals surface area (Å²) >= 11 is 0.914. The fraction of sp³-hybridized carbons (Fsp3) is 0.478. The zero-order valence-corrected chi connectivity index (χ0v) is 22.6. The number of carbonyl (C=O) groups excluding carboxylic acids is 1. The van der Waals surface area contributed by atoms with Crippen molar-refractivity contribution in [2.24, 2.45) is 0 Å². The molecular weight excluding hydrogens is 540 g/mol. The number of nitrogens with one attached hydrogen (secondary N) is 1. The first-order valence-electron chi connectivity index (χ1n) is 12.0. The van der Waals surface area contributed by atoms with Crippen LogP contribution >= 0.6 is 11.3 Å². The molecule has 2 aromatic heterocycles. The van der Waals surface area contributed by atoms with Crippen LogP contribution in [0.3, 0.4) is 0 Å². The molecule has 0 atom stereocenters. The van der Waals surface area contributed by atoms with Crippen molar-refractivity contribution in [3.8, 4) is 0 Å². The van der Waals surface area contributed by atoms with Gasteiger partial charge in [-0.05, 0) is 45.0 Å². The number of nitrogens with two attached hydrogens (primary N) is 1. The van der Waals surface area contributed by atoms with Crippen LogP contribution in [0.25, 0.3) is 0 Å². The van der Waals surface area contributed by atoms with E-state index >= 15 is 0 Å². The van der Waals surface area contributed by atoms with Crippen molar-refractivity contribution >= 4 is 38.1 Å². The molecule has 3 aromatic rings. The molecular formula is C23H29F2N7O4S2. The summed E-state index contributed by atoms with van der Waals surface area (Å²) in [5.41, 5.74) is 5.19. The largest absolute Gasteiger partial charge is 0.424 e. The zero-order chi connectivity index (χ0) is 27.4. The number of hydrogen-bond donors (Lipinski definition) is 2. The molecule has 3 heterocycles. The van der Waals surface area contributed by atoms with Crippen molar-refractivity contribution in [3.63, 3.8) is 0 Å². The number of piperidine rings is 1. The minimum atomic E-state index is -3.42. The van der Waals surface area contributed by atoms with Gasteiger partial charge >= 0.3 is 0 Å². The summed E-state index contributed by atoms with van der Waals surface area (Å²) in [6.45, 7) is 3.39. The lowest BCUT2D eigenvalue weighted by Gasteiger charge is -2.31. The van der Waals surface area contributed by atoms with Gasteiger partial charge in [0.15, 0.2) is 5.13 Å². The van der Waals surface area contributed by atoms with E-state index in [1.807, 2.05) is 11.9 Å². The Labute approximate surface area is 223 Å². The second-order valence-corrected chi connectivity index (χ2v) is 12.2. The monoisotopic (exact) mass is 569 g/mol. The highest BCUT2D eigenvalue weighted by Crippen LogP contribution is 2.30. The van der Waals surface area contributed by atoms with Gasteiger partial charge in [0.05, 0.1) is 17.9 Å². The normalized spacial score (nSPS) is 15.3. The Morgan fingerprint density at radius 2 is 1.95 bits per heavy atom. The molecule has 38 heavy (non-hydrogen) atoms. The van der Waals surface area contributed by atoms with E-state index in [1.165, 1.54) is 10.4 Å². The van der Waals surface area contributed by atoms with E-state index in [0.29, 0.717) is 62.4 Å². The molecule has 206 valence electrons. The van der Waals surface area contributed by atoms with Gasteiger partial charge in [-0.3, -0.25) is 9.69 Å². The molecule has 11 nitrogen and oxygen atoms in total. The van der Waals surface area contributed by atoms with Crippen LogP contribution in [0.2, 0.25) is 0 Å². The maximum Gasteiger partial charge on any atom is 0.230 e. The van der Waals surface area contributed by atoms with Gasteiger partial charge in [-0.1, -0.05) is 17.4 Å². The van der Waals surface area contributed by atoms with Gasteiger partial charge in [0.2, 0.25) is 27.6 Å². The van der Waals surface area contributed by atoms with E-state index in [-0.39, 0.29) is 22.5 Å². The van der Waals surface area contributed by atoms with Crippen molar-refractivity contribution in [2.45, 2.75) is 38.8 Å². The molecule has 0 unspecified atom stereocenters. The number of aryl methyl sites for hydroxylation is 1. The highest BCUT2D eigenvalue weighted by atomic mass is 32.2. The second kappa shape index (κ2) is 11.8. The first-order chi connectivity index (χ1) is 18.0. The average molecular weight is 570 g/mol. The van der Waals surface area contributed by atoms with Gasteiger partial charge in [-0.15, -0.1) is 10.2 Å². The summed E-state index contributed by atoms with van der Waals surface area (Å²) in [7, 11) is -1.56. The molecule has 0 radical (unpaired) electrons. The predicted octanol–water partition coefficient (Wildman–Crippen LogP) is 2.65. The van der Waals surface area contributed by atoms with Gasteiger partial charge in [0, 0.05) is 26.1 Å². The van der Waals surface area contributed by atoms with Gasteiger partial charge in [-0.25, -0.2) is 26.5 Å². The third-order valence-corrected chi connectivity index (χ3v) is 9.10. The van der Waals surface area contributed by atoms with Crippen LogP contribution in [-0.2, 0) is 16.6 Å². The van der Waals surface area contributed by atoms with Crippen molar-refractivity contribution < 1.29 is 26.4 Å². The third-order valence-electron chi connectivity index (χ3n) is 6.14. The number of benzene rings is 1. The number of rotatable bonds is 11. The summed E-state index contributed by atoms with van der Waals surface area (Å²) in [4.78, 5) is 18.7. The number of carbonyl (C=O) groups is 1. The van der Waals surface area contributed by atoms with Gasteiger partial charge in [-0.2, -0.15) is 0 Å². The van der Waals surface area contributed by atoms with Crippen molar-refractivity contribution in [3.05, 3.63) is 52.1 Å². The van der Waals surface area contributed by atoms with Crippen molar-refractivity contribution in [1.29, 1.82) is 0 Å². The number of halogens is 2. The molecule has 1 fully saturated rings. The Kier molecular flexibility index (Phi) is 8.70. The summed E-state index contributed by atoms with van der Waals surface area (Å²) in [5.74, 6) is -1.94. The number of ketones is 1. The number of aromatic nitrogens is 3. The van der Waals surface area contributed by atoms with Gasteiger partial charge < -0.3 is 15.5 Å². The van der Waals surface area contributed by atoms with E-state index in [9.17, 15) is 22.0 Å². The lowest BCUT2D eigenvalue weighted by molar-refractivity contribution is 0.103. The first-order valence-corrected chi connectivity index (χ1v) is 14.4. The standard InChI is InChI=1S/C23H29F2N7O4S2/c1-14-29-30-18(36-14)13-31(2)9-4-12-38(34,35)32-10-7-15(8-11-32)27-23-28-22(26)21(37-23)20(33)19-16(24)5-3-6-17(19)25/h3,5-6,15H,4,7-13,26H2,1-2H3,(H,27,28). The van der Waals surface area contributed by atoms with Crippen LogP contribution in [0.15, 0.2) is 22.6 Å². The third kappa shape index (κ3) is 6.70. The molecule has 0 saturated carbocycles. The lowest BCUT2D eigenvalue weighted by atomic mass is 10.1. The first kappa shape index (κ1) is 28.0. The molecule has 1 aliphatic heterocycles. The van der Waals surface area contributed by atoms with E-state index in [0.717, 1.165) is 23.5 Å². The molecule has 0 bridgehead atoms.